The molecule has 1 aromatic heterocycles. The van der Waals surface area contributed by atoms with Gasteiger partial charge in [-0.3, -0.25) is 0 Å². The van der Waals surface area contributed by atoms with Crippen molar-refractivity contribution in [2.75, 3.05) is 0 Å². The Labute approximate surface area is 144 Å². The van der Waals surface area contributed by atoms with Crippen LogP contribution in [-0.2, 0) is 0 Å². The van der Waals surface area contributed by atoms with Gasteiger partial charge in [-0.1, -0.05) is 65.5 Å². The van der Waals surface area contributed by atoms with E-state index in [9.17, 15) is 5.21 Å². The molecule has 122 valence electrons. The molecular weight excluding hydrogens is 314 g/mol. The van der Waals surface area contributed by atoms with Crippen molar-refractivity contribution in [1.29, 1.82) is 0 Å². The Morgan fingerprint density at radius 1 is 0.760 bits per heavy atom. The summed E-state index contributed by atoms with van der Waals surface area (Å²) in [5, 5.41) is 18.1. The van der Waals surface area contributed by atoms with Gasteiger partial charge in [0.15, 0.2) is 0 Å². The van der Waals surface area contributed by atoms with E-state index in [1.807, 2.05) is 84.9 Å². The molecule has 0 aliphatic rings. The summed E-state index contributed by atoms with van der Waals surface area (Å²) in [6, 6.07) is 26.6. The standard InChI is InChI=1S/C20H15N3O2/c24-23-20(19(21-22-23)15-9-3-1-4-10-15)17-13-7-8-14-18(17)25-16-11-5-2-6-12-16/h1-14,24H. The van der Waals surface area contributed by atoms with Crippen molar-refractivity contribution < 1.29 is 9.94 Å². The molecule has 0 radical (unpaired) electrons. The Balaban J connectivity index is 1.83. The first-order chi connectivity index (χ1) is 12.3. The molecule has 25 heavy (non-hydrogen) atoms. The average molecular weight is 329 g/mol. The molecule has 0 fully saturated rings. The van der Waals surface area contributed by atoms with Gasteiger partial charge in [0.25, 0.3) is 0 Å². The quantitative estimate of drug-likeness (QED) is 0.554. The van der Waals surface area contributed by atoms with E-state index in [0.29, 0.717) is 28.5 Å². The van der Waals surface area contributed by atoms with Crippen LogP contribution in [0.1, 0.15) is 0 Å². The zero-order valence-electron chi connectivity index (χ0n) is 13.3. The average Bonchev–Trinajstić information content (AvgIpc) is 3.05. The van der Waals surface area contributed by atoms with E-state index < -0.39 is 0 Å². The molecule has 0 bridgehead atoms. The van der Waals surface area contributed by atoms with Crippen LogP contribution in [0.25, 0.3) is 22.5 Å². The van der Waals surface area contributed by atoms with Crippen molar-refractivity contribution >= 4 is 0 Å². The first-order valence-electron chi connectivity index (χ1n) is 7.85. The van der Waals surface area contributed by atoms with Crippen LogP contribution in [0.3, 0.4) is 0 Å². The number of para-hydroxylation sites is 2. The molecule has 0 aliphatic carbocycles. The number of nitrogens with zero attached hydrogens (tertiary/aromatic N) is 3. The van der Waals surface area contributed by atoms with E-state index >= 15 is 0 Å². The summed E-state index contributed by atoms with van der Waals surface area (Å²) in [6.45, 7) is 0. The van der Waals surface area contributed by atoms with E-state index in [0.717, 1.165) is 10.4 Å². The molecule has 5 nitrogen and oxygen atoms in total. The lowest BCUT2D eigenvalue weighted by Gasteiger charge is -2.11. The summed E-state index contributed by atoms with van der Waals surface area (Å²) in [5.74, 6) is 1.33. The van der Waals surface area contributed by atoms with Crippen LogP contribution in [0.5, 0.6) is 11.5 Å². The zero-order chi connectivity index (χ0) is 17.1. The van der Waals surface area contributed by atoms with Crippen molar-refractivity contribution in [2.24, 2.45) is 0 Å². The molecule has 5 heteroatoms. The van der Waals surface area contributed by atoms with E-state index in [2.05, 4.69) is 10.3 Å². The molecule has 0 amide bonds. The zero-order valence-corrected chi connectivity index (χ0v) is 13.3. The van der Waals surface area contributed by atoms with Gasteiger partial charge in [-0.2, -0.15) is 0 Å². The number of hydrogen-bond donors (Lipinski definition) is 1. The number of ether oxygens (including phenoxy) is 1. The second kappa shape index (κ2) is 6.49. The number of benzene rings is 3. The maximum atomic E-state index is 10.2. The highest BCUT2D eigenvalue weighted by molar-refractivity contribution is 5.81. The van der Waals surface area contributed by atoms with Crippen LogP contribution in [0.15, 0.2) is 84.9 Å². The summed E-state index contributed by atoms with van der Waals surface area (Å²) < 4.78 is 6.00. The Kier molecular flexibility index (Phi) is 3.88. The van der Waals surface area contributed by atoms with E-state index in [1.54, 1.807) is 0 Å². The molecule has 3 aromatic carbocycles. The molecule has 0 saturated heterocycles. The van der Waals surface area contributed by atoms with Crippen molar-refractivity contribution in [3.63, 3.8) is 0 Å². The molecule has 4 aromatic rings. The van der Waals surface area contributed by atoms with Crippen LogP contribution in [0, 0.1) is 0 Å². The first kappa shape index (κ1) is 15.0. The summed E-state index contributed by atoms with van der Waals surface area (Å²) in [5.41, 5.74) is 2.65. The third kappa shape index (κ3) is 2.95. The van der Waals surface area contributed by atoms with E-state index in [4.69, 9.17) is 4.74 Å². The smallest absolute Gasteiger partial charge is 0.142 e. The molecule has 1 heterocycles. The second-order valence-electron chi connectivity index (χ2n) is 5.45. The Hall–Kier alpha value is -3.60. The summed E-state index contributed by atoms with van der Waals surface area (Å²) >= 11 is 0. The van der Waals surface area contributed by atoms with Crippen LogP contribution < -0.4 is 4.74 Å². The normalized spacial score (nSPS) is 10.6. The SMILES string of the molecule is On1nnc(-c2ccccc2)c1-c1ccccc1Oc1ccccc1. The van der Waals surface area contributed by atoms with Gasteiger partial charge < -0.3 is 9.94 Å². The molecule has 0 unspecified atom stereocenters. The monoisotopic (exact) mass is 329 g/mol. The predicted molar refractivity (Wildman–Crippen MR) is 94.6 cm³/mol. The lowest BCUT2D eigenvalue weighted by atomic mass is 10.0. The molecule has 4 rings (SSSR count). The largest absolute Gasteiger partial charge is 0.457 e. The lowest BCUT2D eigenvalue weighted by molar-refractivity contribution is 0.147. The summed E-state index contributed by atoms with van der Waals surface area (Å²) in [7, 11) is 0. The summed E-state index contributed by atoms with van der Waals surface area (Å²) in [6.07, 6.45) is 0. The molecule has 0 spiro atoms. The van der Waals surface area contributed by atoms with Crippen LogP contribution in [-0.4, -0.2) is 20.4 Å². The summed E-state index contributed by atoms with van der Waals surface area (Å²) in [4.78, 5) is 0.787. The van der Waals surface area contributed by atoms with Crippen molar-refractivity contribution in [1.82, 2.24) is 15.2 Å². The van der Waals surface area contributed by atoms with Gasteiger partial charge in [0, 0.05) is 11.1 Å². The third-order valence-electron chi connectivity index (χ3n) is 3.81. The van der Waals surface area contributed by atoms with Crippen LogP contribution >= 0.6 is 0 Å². The predicted octanol–water partition coefficient (Wildman–Crippen LogP) is 4.64. The fourth-order valence-electron chi connectivity index (χ4n) is 2.67. The molecule has 0 saturated carbocycles. The topological polar surface area (TPSA) is 60.2 Å². The fourth-order valence-corrected chi connectivity index (χ4v) is 2.67. The van der Waals surface area contributed by atoms with Crippen molar-refractivity contribution in [3.05, 3.63) is 84.9 Å². The van der Waals surface area contributed by atoms with Gasteiger partial charge in [-0.15, -0.1) is 5.10 Å². The number of rotatable bonds is 4. The van der Waals surface area contributed by atoms with Gasteiger partial charge in [-0.25, -0.2) is 0 Å². The van der Waals surface area contributed by atoms with E-state index in [1.165, 1.54) is 0 Å². The van der Waals surface area contributed by atoms with Crippen molar-refractivity contribution in [3.8, 4) is 34.0 Å². The maximum absolute atomic E-state index is 10.2. The van der Waals surface area contributed by atoms with Gasteiger partial charge in [0.1, 0.15) is 22.9 Å². The fraction of sp³-hybridized carbons (Fsp3) is 0. The number of aromatic nitrogens is 3. The Morgan fingerprint density at radius 3 is 2.16 bits per heavy atom. The van der Waals surface area contributed by atoms with Gasteiger partial charge >= 0.3 is 0 Å². The van der Waals surface area contributed by atoms with E-state index in [-0.39, 0.29) is 0 Å². The van der Waals surface area contributed by atoms with Crippen LogP contribution in [0.2, 0.25) is 0 Å². The minimum atomic E-state index is 0.484. The minimum Gasteiger partial charge on any atom is -0.457 e. The highest BCUT2D eigenvalue weighted by Crippen LogP contribution is 2.37. The molecular formula is C20H15N3O2. The second-order valence-corrected chi connectivity index (χ2v) is 5.45. The number of hydrogen-bond acceptors (Lipinski definition) is 4. The third-order valence-corrected chi connectivity index (χ3v) is 3.81. The van der Waals surface area contributed by atoms with Gasteiger partial charge in [0.05, 0.1) is 0 Å². The van der Waals surface area contributed by atoms with Gasteiger partial charge in [-0.05, 0) is 29.5 Å². The Bertz CT molecular complexity index is 982. The minimum absolute atomic E-state index is 0.484. The van der Waals surface area contributed by atoms with Crippen molar-refractivity contribution in [2.45, 2.75) is 0 Å². The van der Waals surface area contributed by atoms with Gasteiger partial charge in [0.2, 0.25) is 0 Å². The lowest BCUT2D eigenvalue weighted by Crippen LogP contribution is -1.98. The van der Waals surface area contributed by atoms with Crippen LogP contribution in [0.4, 0.5) is 0 Å². The Morgan fingerprint density at radius 2 is 1.40 bits per heavy atom. The highest BCUT2D eigenvalue weighted by Gasteiger charge is 2.20. The molecule has 0 aliphatic heterocycles. The molecule has 1 N–H and O–H groups in total. The molecule has 0 atom stereocenters. The highest BCUT2D eigenvalue weighted by atomic mass is 16.5. The first-order valence-corrected chi connectivity index (χ1v) is 7.85. The maximum Gasteiger partial charge on any atom is 0.142 e.